The van der Waals surface area contributed by atoms with Crippen LogP contribution in [0.3, 0.4) is 0 Å². The van der Waals surface area contributed by atoms with Crippen molar-refractivity contribution in [2.45, 2.75) is 110 Å². The van der Waals surface area contributed by atoms with Crippen molar-refractivity contribution in [2.24, 2.45) is 35.6 Å². The number of amides is 2. The van der Waals surface area contributed by atoms with Crippen LogP contribution in [0.2, 0.25) is 5.02 Å². The maximum atomic E-state index is 14.2. The van der Waals surface area contributed by atoms with E-state index in [0.29, 0.717) is 84.2 Å². The van der Waals surface area contributed by atoms with Gasteiger partial charge in [-0.15, -0.1) is 0 Å². The second kappa shape index (κ2) is 16.9. The van der Waals surface area contributed by atoms with Crippen molar-refractivity contribution in [3.05, 3.63) is 81.4 Å². The molecule has 0 radical (unpaired) electrons. The standard InChI is InChI=1S/C51H65ClN8O5/c1-33-34(8-6-10-36(33)55-45(61)43-53-38-29-60(25-13-40(38)57(43)2)27-23-49-18-20-51(31-49,21-19-49)47(63)65-5)35-9-7-11-37(42(35)52)56-46(62)44-54-39-28-59(24-12-41(39)58(44)3)26-22-48-14-16-50(30-48,17-15-48)32-64-4/h6-11H,12-32H2,1-5H3,(H,55,61)(H,56,62)/i2D3,3D3,4D3. The number of fused-ring (bicyclic) bond motifs is 6. The monoisotopic (exact) mass is 914 g/mol. The van der Waals surface area contributed by atoms with Crippen molar-refractivity contribution in [1.82, 2.24) is 28.9 Å². The van der Waals surface area contributed by atoms with E-state index >= 15 is 0 Å². The molecule has 6 aliphatic rings. The fraction of sp³-hybridized carbons (Fsp3) is 0.588. The third-order valence-corrected chi connectivity index (χ3v) is 17.1. The molecule has 4 bridgehead atoms. The molecule has 346 valence electrons. The third kappa shape index (κ3) is 7.91. The molecule has 2 aromatic heterocycles. The summed E-state index contributed by atoms with van der Waals surface area (Å²) in [6, 6.07) is 10.3. The number of esters is 1. The van der Waals surface area contributed by atoms with Crippen molar-refractivity contribution in [2.75, 3.05) is 57.6 Å². The predicted molar refractivity (Wildman–Crippen MR) is 251 cm³/mol. The Labute approximate surface area is 400 Å². The first kappa shape index (κ1) is 34.7. The van der Waals surface area contributed by atoms with Gasteiger partial charge in [0.1, 0.15) is 0 Å². The molecule has 2 aliphatic heterocycles. The zero-order valence-electron chi connectivity index (χ0n) is 46.4. The Morgan fingerprint density at radius 2 is 1.28 bits per heavy atom. The predicted octanol–water partition coefficient (Wildman–Crippen LogP) is 8.50. The summed E-state index contributed by atoms with van der Waals surface area (Å²) < 4.78 is 85.8. The Morgan fingerprint density at radius 3 is 1.86 bits per heavy atom. The van der Waals surface area contributed by atoms with E-state index in [0.717, 1.165) is 99.3 Å². The number of hydrogen-bond acceptors (Lipinski definition) is 9. The van der Waals surface area contributed by atoms with Crippen molar-refractivity contribution in [1.29, 1.82) is 0 Å². The number of hydrogen-bond donors (Lipinski definition) is 2. The summed E-state index contributed by atoms with van der Waals surface area (Å²) in [6.45, 7) is 0.203. The second-order valence-electron chi connectivity index (χ2n) is 20.3. The number of rotatable bonds is 14. The zero-order valence-corrected chi connectivity index (χ0v) is 38.2. The van der Waals surface area contributed by atoms with Crippen LogP contribution >= 0.6 is 11.6 Å². The van der Waals surface area contributed by atoms with E-state index in [1.54, 1.807) is 37.3 Å². The summed E-state index contributed by atoms with van der Waals surface area (Å²) in [5.41, 5.74) is 4.19. The maximum absolute atomic E-state index is 14.2. The summed E-state index contributed by atoms with van der Waals surface area (Å²) in [4.78, 5) is 54.8. The first-order chi connectivity index (χ1) is 34.8. The molecule has 4 aliphatic carbocycles. The molecule has 13 nitrogen and oxygen atoms in total. The van der Waals surface area contributed by atoms with E-state index in [4.69, 9.17) is 33.4 Å². The highest BCUT2D eigenvalue weighted by atomic mass is 35.5. The van der Waals surface area contributed by atoms with Crippen LogP contribution in [-0.2, 0) is 54.2 Å². The fourth-order valence-electron chi connectivity index (χ4n) is 12.9. The average Bonchev–Trinajstić information content (AvgIpc) is 4.21. The SMILES string of the molecule is [2H]C([2H])([2H])OCC12CCC(CCN3CCc4c(nc(C(=O)Nc5cccc(-c6cccc(NC(=O)c7nc8c(n7C([2H])([2H])[2H])CCN(CCC79CCC(C(=O)OC)(CC7)C9)C8)c6C)c5Cl)n4C([2H])([2H])[2H])C3)(CC1)C2. The molecule has 4 heterocycles. The van der Waals surface area contributed by atoms with Crippen LogP contribution in [0.5, 0.6) is 0 Å². The number of aromatic nitrogens is 4. The van der Waals surface area contributed by atoms with Gasteiger partial charge in [-0.25, -0.2) is 9.97 Å². The molecule has 0 unspecified atom stereocenters. The van der Waals surface area contributed by atoms with Gasteiger partial charge in [-0.3, -0.25) is 24.2 Å². The van der Waals surface area contributed by atoms with E-state index in [9.17, 15) is 14.4 Å². The normalized spacial score (nSPS) is 29.6. The van der Waals surface area contributed by atoms with Crippen molar-refractivity contribution < 1.29 is 36.2 Å². The van der Waals surface area contributed by atoms with E-state index in [-0.39, 0.29) is 56.6 Å². The fourth-order valence-corrected chi connectivity index (χ4v) is 13.2. The molecule has 14 heteroatoms. The Morgan fingerprint density at radius 1 is 0.738 bits per heavy atom. The number of ether oxygens (including phenoxy) is 2. The summed E-state index contributed by atoms with van der Waals surface area (Å²) >= 11 is 7.08. The third-order valence-electron chi connectivity index (χ3n) is 16.7. The number of imidazole rings is 2. The number of halogens is 1. The lowest BCUT2D eigenvalue weighted by atomic mass is 9.80. The van der Waals surface area contributed by atoms with Crippen LogP contribution in [0.25, 0.3) is 11.1 Å². The highest BCUT2D eigenvalue weighted by Gasteiger charge is 2.58. The summed E-state index contributed by atoms with van der Waals surface area (Å²) in [7, 11) is -0.947. The minimum absolute atomic E-state index is 0.0887. The molecule has 65 heavy (non-hydrogen) atoms. The molecule has 0 atom stereocenters. The molecule has 4 saturated carbocycles. The van der Waals surface area contributed by atoms with Gasteiger partial charge in [0.2, 0.25) is 0 Å². The van der Waals surface area contributed by atoms with Crippen LogP contribution in [0, 0.1) is 28.6 Å². The molecule has 2 N–H and O–H groups in total. The van der Waals surface area contributed by atoms with Crippen molar-refractivity contribution in [3.63, 3.8) is 0 Å². The van der Waals surface area contributed by atoms with E-state index in [1.165, 1.54) is 7.11 Å². The van der Waals surface area contributed by atoms with Gasteiger partial charge in [-0.2, -0.15) is 0 Å². The topological polar surface area (TPSA) is 136 Å². The summed E-state index contributed by atoms with van der Waals surface area (Å²) in [5.74, 6) is -2.00. The van der Waals surface area contributed by atoms with Crippen LogP contribution in [0.1, 0.15) is 139 Å². The number of carbonyl (C=O) groups excluding carboxylic acids is 3. The number of nitrogens with zero attached hydrogens (tertiary/aromatic N) is 6. The summed E-state index contributed by atoms with van der Waals surface area (Å²) in [5, 5.41) is 5.91. The van der Waals surface area contributed by atoms with Gasteiger partial charge in [0, 0.05) is 90.9 Å². The van der Waals surface area contributed by atoms with E-state index < -0.39 is 32.8 Å². The first-order valence-corrected chi connectivity index (χ1v) is 23.6. The minimum atomic E-state index is -2.69. The van der Waals surface area contributed by atoms with Crippen LogP contribution in [0.4, 0.5) is 11.4 Å². The highest BCUT2D eigenvalue weighted by molar-refractivity contribution is 6.36. The average molecular weight is 915 g/mol. The maximum Gasteiger partial charge on any atom is 0.311 e. The van der Waals surface area contributed by atoms with Gasteiger partial charge >= 0.3 is 5.97 Å². The lowest BCUT2D eigenvalue weighted by molar-refractivity contribution is -0.152. The largest absolute Gasteiger partial charge is 0.469 e. The highest BCUT2D eigenvalue weighted by Crippen LogP contribution is 2.64. The smallest absolute Gasteiger partial charge is 0.311 e. The number of benzene rings is 2. The van der Waals surface area contributed by atoms with Gasteiger partial charge in [0.25, 0.3) is 11.8 Å². The van der Waals surface area contributed by atoms with Crippen LogP contribution < -0.4 is 10.6 Å². The Kier molecular flexibility index (Phi) is 9.05. The lowest BCUT2D eigenvalue weighted by Gasteiger charge is -2.32. The van der Waals surface area contributed by atoms with Gasteiger partial charge in [-0.05, 0) is 137 Å². The number of anilines is 2. The minimum Gasteiger partial charge on any atom is -0.469 e. The Bertz CT molecular complexity index is 2860. The first-order valence-electron chi connectivity index (χ1n) is 27.7. The molecule has 4 aromatic rings. The van der Waals surface area contributed by atoms with Crippen LogP contribution in [-0.4, -0.2) is 93.6 Å². The molecule has 10 rings (SSSR count). The molecule has 0 spiro atoms. The van der Waals surface area contributed by atoms with Gasteiger partial charge < -0.3 is 29.2 Å². The number of nitrogens with one attached hydrogen (secondary N) is 2. The summed E-state index contributed by atoms with van der Waals surface area (Å²) in [6.07, 6.45) is 12.0. The van der Waals surface area contributed by atoms with E-state index in [1.807, 2.05) is 6.07 Å². The Hall–Kier alpha value is -4.56. The molecule has 0 saturated heterocycles. The molecule has 2 aromatic carbocycles. The lowest BCUT2D eigenvalue weighted by Crippen LogP contribution is -2.34. The molecule has 2 amide bonds. The quantitative estimate of drug-likeness (QED) is 0.119. The zero-order chi connectivity index (χ0) is 52.8. The van der Waals surface area contributed by atoms with Crippen molar-refractivity contribution >= 4 is 40.8 Å². The van der Waals surface area contributed by atoms with Gasteiger partial charge in [0.05, 0.1) is 45.3 Å². The molecular formula is C51H65ClN8O5. The number of carbonyl (C=O) groups is 3. The van der Waals surface area contributed by atoms with E-state index in [2.05, 4.69) is 30.4 Å². The van der Waals surface area contributed by atoms with Crippen molar-refractivity contribution in [3.8, 4) is 11.1 Å². The molecule has 4 fully saturated rings. The Balaban J connectivity index is 0.813. The molecular weight excluding hydrogens is 840 g/mol. The van der Waals surface area contributed by atoms with Gasteiger partial charge in [0.15, 0.2) is 11.6 Å². The van der Waals surface area contributed by atoms with Crippen LogP contribution in [0.15, 0.2) is 36.4 Å². The number of methoxy groups -OCH3 is 2. The van der Waals surface area contributed by atoms with Gasteiger partial charge in [-0.1, -0.05) is 35.9 Å². The second-order valence-corrected chi connectivity index (χ2v) is 20.7.